The average Bonchev–Trinajstić information content (AvgIpc) is 3.23. The van der Waals surface area contributed by atoms with Crippen LogP contribution in [0, 0.1) is 5.92 Å². The van der Waals surface area contributed by atoms with E-state index in [1.807, 2.05) is 0 Å². The molecule has 3 N–H and O–H groups in total. The van der Waals surface area contributed by atoms with E-state index in [4.69, 9.17) is 5.84 Å². The van der Waals surface area contributed by atoms with Crippen molar-refractivity contribution in [2.24, 2.45) is 11.8 Å². The first kappa shape index (κ1) is 15.2. The van der Waals surface area contributed by atoms with E-state index in [2.05, 4.69) is 24.3 Å². The third kappa shape index (κ3) is 3.47. The Kier molecular flexibility index (Phi) is 4.62. The molecule has 0 radical (unpaired) electrons. The van der Waals surface area contributed by atoms with E-state index in [1.165, 1.54) is 18.3 Å². The van der Waals surface area contributed by atoms with E-state index in [0.29, 0.717) is 18.3 Å². The number of nitrogens with one attached hydrogen (secondary N) is 1. The third-order valence-corrected chi connectivity index (χ3v) is 5.31. The molecular formula is C13H22N4O2S. The first-order valence-electron chi connectivity index (χ1n) is 6.89. The zero-order chi connectivity index (χ0) is 14.8. The molecule has 1 aliphatic rings. The zero-order valence-electron chi connectivity index (χ0n) is 11.9. The lowest BCUT2D eigenvalue weighted by Gasteiger charge is -2.23. The summed E-state index contributed by atoms with van der Waals surface area (Å²) in [5, 5.41) is 0. The van der Waals surface area contributed by atoms with Gasteiger partial charge in [-0.3, -0.25) is 0 Å². The van der Waals surface area contributed by atoms with E-state index in [0.717, 1.165) is 19.3 Å². The van der Waals surface area contributed by atoms with Crippen molar-refractivity contribution in [2.45, 2.75) is 44.0 Å². The second kappa shape index (κ2) is 6.07. The lowest BCUT2D eigenvalue weighted by atomic mass is 10.1. The molecule has 2 rings (SSSR count). The molecule has 1 aliphatic carbocycles. The molecule has 1 fully saturated rings. The van der Waals surface area contributed by atoms with E-state index in [1.54, 1.807) is 4.31 Å². The molecule has 6 nitrogen and oxygen atoms in total. The first-order valence-corrected chi connectivity index (χ1v) is 8.33. The molecule has 0 amide bonds. The minimum absolute atomic E-state index is 0.154. The average molecular weight is 298 g/mol. The Labute approximate surface area is 120 Å². The standard InChI is InChI=1S/C13H22N4O2S/c1-10(2)6-8-17(11-3-4-11)20(18,19)12-5-7-15-13(9-12)16-14/h5,7,9-11H,3-4,6,8,14H2,1-2H3,(H,15,16). The van der Waals surface area contributed by atoms with Crippen LogP contribution in [-0.4, -0.2) is 30.3 Å². The van der Waals surface area contributed by atoms with Gasteiger partial charge in [-0.1, -0.05) is 13.8 Å². The van der Waals surface area contributed by atoms with Crippen molar-refractivity contribution < 1.29 is 8.42 Å². The fraction of sp³-hybridized carbons (Fsp3) is 0.615. The number of nitrogens with zero attached hydrogens (tertiary/aromatic N) is 2. The van der Waals surface area contributed by atoms with Crippen LogP contribution < -0.4 is 11.3 Å². The maximum atomic E-state index is 12.7. The van der Waals surface area contributed by atoms with Crippen molar-refractivity contribution in [1.29, 1.82) is 0 Å². The van der Waals surface area contributed by atoms with Crippen molar-refractivity contribution in [2.75, 3.05) is 12.0 Å². The van der Waals surface area contributed by atoms with Crippen LogP contribution in [0.5, 0.6) is 0 Å². The van der Waals surface area contributed by atoms with Gasteiger partial charge in [0.15, 0.2) is 0 Å². The molecule has 0 bridgehead atoms. The monoisotopic (exact) mass is 298 g/mol. The second-order valence-electron chi connectivity index (χ2n) is 5.55. The van der Waals surface area contributed by atoms with Gasteiger partial charge < -0.3 is 5.43 Å². The number of pyridine rings is 1. The maximum Gasteiger partial charge on any atom is 0.243 e. The predicted octanol–water partition coefficient (Wildman–Crippen LogP) is 1.57. The van der Waals surface area contributed by atoms with Crippen molar-refractivity contribution >= 4 is 15.8 Å². The summed E-state index contributed by atoms with van der Waals surface area (Å²) >= 11 is 0. The Bertz CT molecular complexity index is 555. The highest BCUT2D eigenvalue weighted by Gasteiger charge is 2.37. The molecule has 0 aromatic carbocycles. The highest BCUT2D eigenvalue weighted by atomic mass is 32.2. The van der Waals surface area contributed by atoms with Crippen LogP contribution >= 0.6 is 0 Å². The van der Waals surface area contributed by atoms with Crippen molar-refractivity contribution in [3.05, 3.63) is 18.3 Å². The van der Waals surface area contributed by atoms with E-state index >= 15 is 0 Å². The van der Waals surface area contributed by atoms with Gasteiger partial charge in [0.1, 0.15) is 5.82 Å². The lowest BCUT2D eigenvalue weighted by Crippen LogP contribution is -2.34. The number of aromatic nitrogens is 1. The molecular weight excluding hydrogens is 276 g/mol. The minimum Gasteiger partial charge on any atom is -0.308 e. The normalized spacial score (nSPS) is 15.8. The summed E-state index contributed by atoms with van der Waals surface area (Å²) in [5.41, 5.74) is 2.38. The number of nitrogen functional groups attached to an aromatic ring is 1. The van der Waals surface area contributed by atoms with Gasteiger partial charge in [-0.05, 0) is 31.2 Å². The van der Waals surface area contributed by atoms with Crippen LogP contribution in [0.4, 0.5) is 5.82 Å². The highest BCUT2D eigenvalue weighted by molar-refractivity contribution is 7.89. The minimum atomic E-state index is -3.47. The number of hydrogen-bond donors (Lipinski definition) is 2. The van der Waals surface area contributed by atoms with Crippen LogP contribution in [0.2, 0.25) is 0 Å². The van der Waals surface area contributed by atoms with Gasteiger partial charge in [0.2, 0.25) is 10.0 Å². The molecule has 0 aliphatic heterocycles. The summed E-state index contributed by atoms with van der Waals surface area (Å²) in [4.78, 5) is 4.19. The Morgan fingerprint density at radius 1 is 1.50 bits per heavy atom. The molecule has 7 heteroatoms. The quantitative estimate of drug-likeness (QED) is 0.589. The Balaban J connectivity index is 2.25. The molecule has 1 heterocycles. The Hall–Kier alpha value is -1.18. The van der Waals surface area contributed by atoms with Crippen LogP contribution in [0.25, 0.3) is 0 Å². The molecule has 0 spiro atoms. The second-order valence-corrected chi connectivity index (χ2v) is 7.44. The number of rotatable bonds is 7. The summed E-state index contributed by atoms with van der Waals surface area (Å²) in [6.45, 7) is 4.76. The molecule has 20 heavy (non-hydrogen) atoms. The predicted molar refractivity (Wildman–Crippen MR) is 78.4 cm³/mol. The number of nitrogens with two attached hydrogens (primary N) is 1. The summed E-state index contributed by atoms with van der Waals surface area (Å²) in [7, 11) is -3.47. The van der Waals surface area contributed by atoms with Gasteiger partial charge in [-0.2, -0.15) is 4.31 Å². The van der Waals surface area contributed by atoms with E-state index in [9.17, 15) is 8.42 Å². The van der Waals surface area contributed by atoms with Crippen molar-refractivity contribution in [3.8, 4) is 0 Å². The van der Waals surface area contributed by atoms with Gasteiger partial charge in [0.25, 0.3) is 0 Å². The van der Waals surface area contributed by atoms with Gasteiger partial charge >= 0.3 is 0 Å². The third-order valence-electron chi connectivity index (χ3n) is 3.37. The maximum absolute atomic E-state index is 12.7. The zero-order valence-corrected chi connectivity index (χ0v) is 12.7. The molecule has 0 unspecified atom stereocenters. The van der Waals surface area contributed by atoms with Crippen LogP contribution in [0.3, 0.4) is 0 Å². The Morgan fingerprint density at radius 3 is 2.75 bits per heavy atom. The number of anilines is 1. The fourth-order valence-electron chi connectivity index (χ4n) is 2.03. The molecule has 112 valence electrons. The fourth-order valence-corrected chi connectivity index (χ4v) is 3.75. The van der Waals surface area contributed by atoms with Gasteiger partial charge in [0, 0.05) is 24.8 Å². The largest absolute Gasteiger partial charge is 0.308 e. The smallest absolute Gasteiger partial charge is 0.243 e. The molecule has 1 aromatic heterocycles. The summed E-state index contributed by atoms with van der Waals surface area (Å²) in [6.07, 6.45) is 4.22. The van der Waals surface area contributed by atoms with Crippen molar-refractivity contribution in [3.63, 3.8) is 0 Å². The SMILES string of the molecule is CC(C)CCN(C1CC1)S(=O)(=O)c1ccnc(NN)c1. The Morgan fingerprint density at radius 2 is 2.20 bits per heavy atom. The van der Waals surface area contributed by atoms with E-state index in [-0.39, 0.29) is 10.9 Å². The summed E-state index contributed by atoms with van der Waals surface area (Å²) in [6, 6.07) is 3.14. The topological polar surface area (TPSA) is 88.3 Å². The molecule has 1 saturated carbocycles. The van der Waals surface area contributed by atoms with Crippen LogP contribution in [-0.2, 0) is 10.0 Å². The molecule has 0 saturated heterocycles. The van der Waals surface area contributed by atoms with Crippen LogP contribution in [0.1, 0.15) is 33.1 Å². The lowest BCUT2D eigenvalue weighted by molar-refractivity contribution is 0.373. The summed E-state index contributed by atoms with van der Waals surface area (Å²) in [5.74, 6) is 6.12. The summed E-state index contributed by atoms with van der Waals surface area (Å²) < 4.78 is 27.1. The highest BCUT2D eigenvalue weighted by Crippen LogP contribution is 2.32. The van der Waals surface area contributed by atoms with Gasteiger partial charge in [0.05, 0.1) is 4.90 Å². The van der Waals surface area contributed by atoms with Crippen molar-refractivity contribution in [1.82, 2.24) is 9.29 Å². The molecule has 0 atom stereocenters. The first-order chi connectivity index (χ1) is 9.45. The number of hydrogen-bond acceptors (Lipinski definition) is 5. The molecule has 1 aromatic rings. The number of hydrazine groups is 1. The van der Waals surface area contributed by atoms with Gasteiger partial charge in [-0.15, -0.1) is 0 Å². The van der Waals surface area contributed by atoms with Gasteiger partial charge in [-0.25, -0.2) is 19.2 Å². The number of sulfonamides is 1. The van der Waals surface area contributed by atoms with E-state index < -0.39 is 10.0 Å². The van der Waals surface area contributed by atoms with Crippen LogP contribution in [0.15, 0.2) is 23.2 Å².